The molecule has 0 amide bonds. The highest BCUT2D eigenvalue weighted by Crippen LogP contribution is 2.30. The molecule has 2 aromatic rings. The van der Waals surface area contributed by atoms with Gasteiger partial charge < -0.3 is 4.74 Å². The predicted molar refractivity (Wildman–Crippen MR) is 78.4 cm³/mol. The average molecular weight is 363 g/mol. The van der Waals surface area contributed by atoms with Crippen molar-refractivity contribution in [2.24, 2.45) is 0 Å². The van der Waals surface area contributed by atoms with Crippen LogP contribution in [0.25, 0.3) is 0 Å². The predicted octanol–water partition coefficient (Wildman–Crippen LogP) is 3.33. The van der Waals surface area contributed by atoms with E-state index in [1.165, 1.54) is 31.4 Å². The number of alkyl halides is 3. The highest BCUT2D eigenvalue weighted by Gasteiger charge is 2.31. The van der Waals surface area contributed by atoms with E-state index < -0.39 is 39.7 Å². The first-order chi connectivity index (χ1) is 11.1. The van der Waals surface area contributed by atoms with Gasteiger partial charge in [-0.3, -0.25) is 0 Å². The van der Waals surface area contributed by atoms with E-state index in [0.717, 1.165) is 0 Å². The second-order valence-electron chi connectivity index (χ2n) is 4.80. The summed E-state index contributed by atoms with van der Waals surface area (Å²) in [6.45, 7) is -0.607. The van der Waals surface area contributed by atoms with E-state index in [-0.39, 0.29) is 4.90 Å². The van der Waals surface area contributed by atoms with Gasteiger partial charge in [-0.1, -0.05) is 0 Å². The standard InChI is InChI=1S/C15H13F4NO3S/c1-23-12-3-5-13(6-4-12)24(21,22)20-9-10-8-11(15(17,18)19)2-7-14(10)16/h2-8,20H,9H2,1H3. The monoisotopic (exact) mass is 363 g/mol. The molecule has 0 spiro atoms. The maximum atomic E-state index is 13.6. The van der Waals surface area contributed by atoms with Gasteiger partial charge in [0.2, 0.25) is 10.0 Å². The fourth-order valence-corrected chi connectivity index (χ4v) is 2.90. The van der Waals surface area contributed by atoms with Gasteiger partial charge >= 0.3 is 6.18 Å². The summed E-state index contributed by atoms with van der Waals surface area (Å²) in [5.41, 5.74) is -1.45. The van der Waals surface area contributed by atoms with Crippen LogP contribution in [-0.4, -0.2) is 15.5 Å². The zero-order valence-corrected chi connectivity index (χ0v) is 13.2. The summed E-state index contributed by atoms with van der Waals surface area (Å²) in [4.78, 5) is -0.115. The largest absolute Gasteiger partial charge is 0.497 e. The van der Waals surface area contributed by atoms with Gasteiger partial charge in [0.15, 0.2) is 0 Å². The molecule has 24 heavy (non-hydrogen) atoms. The third kappa shape index (κ3) is 4.24. The van der Waals surface area contributed by atoms with Crippen LogP contribution < -0.4 is 9.46 Å². The maximum absolute atomic E-state index is 13.6. The molecule has 0 bridgehead atoms. The number of methoxy groups -OCH3 is 1. The Kier molecular flexibility index (Phi) is 5.14. The molecule has 0 aliphatic rings. The molecular formula is C15H13F4NO3S. The molecule has 0 aromatic heterocycles. The van der Waals surface area contributed by atoms with Gasteiger partial charge in [0.05, 0.1) is 17.6 Å². The van der Waals surface area contributed by atoms with Crippen molar-refractivity contribution in [3.05, 3.63) is 59.4 Å². The van der Waals surface area contributed by atoms with Crippen molar-refractivity contribution in [1.29, 1.82) is 0 Å². The van der Waals surface area contributed by atoms with E-state index in [2.05, 4.69) is 4.72 Å². The van der Waals surface area contributed by atoms with Gasteiger partial charge in [-0.2, -0.15) is 13.2 Å². The van der Waals surface area contributed by atoms with Crippen LogP contribution in [0.4, 0.5) is 17.6 Å². The first-order valence-electron chi connectivity index (χ1n) is 6.63. The van der Waals surface area contributed by atoms with Crippen molar-refractivity contribution in [2.75, 3.05) is 7.11 Å². The van der Waals surface area contributed by atoms with Gasteiger partial charge in [0, 0.05) is 12.1 Å². The first kappa shape index (κ1) is 18.2. The SMILES string of the molecule is COc1ccc(S(=O)(=O)NCc2cc(C(F)(F)F)ccc2F)cc1. The summed E-state index contributed by atoms with van der Waals surface area (Å²) >= 11 is 0. The van der Waals surface area contributed by atoms with Gasteiger partial charge in [-0.25, -0.2) is 17.5 Å². The lowest BCUT2D eigenvalue weighted by atomic mass is 10.1. The van der Waals surface area contributed by atoms with Crippen LogP contribution in [0.5, 0.6) is 5.75 Å². The number of benzene rings is 2. The van der Waals surface area contributed by atoms with E-state index in [1.54, 1.807) is 0 Å². The molecule has 130 valence electrons. The molecule has 0 fully saturated rings. The smallest absolute Gasteiger partial charge is 0.416 e. The van der Waals surface area contributed by atoms with Crippen LogP contribution in [-0.2, 0) is 22.7 Å². The van der Waals surface area contributed by atoms with E-state index in [0.29, 0.717) is 23.9 Å². The first-order valence-corrected chi connectivity index (χ1v) is 8.11. The van der Waals surface area contributed by atoms with Crippen molar-refractivity contribution >= 4 is 10.0 Å². The highest BCUT2D eigenvalue weighted by molar-refractivity contribution is 7.89. The van der Waals surface area contributed by atoms with E-state index in [1.807, 2.05) is 0 Å². The van der Waals surface area contributed by atoms with Gasteiger partial charge in [0.1, 0.15) is 11.6 Å². The minimum absolute atomic E-state index is 0.115. The Hall–Kier alpha value is -2.13. The van der Waals surface area contributed by atoms with Crippen molar-refractivity contribution in [1.82, 2.24) is 4.72 Å². The molecule has 4 nitrogen and oxygen atoms in total. The highest BCUT2D eigenvalue weighted by atomic mass is 32.2. The van der Waals surface area contributed by atoms with Crippen LogP contribution in [0.3, 0.4) is 0 Å². The topological polar surface area (TPSA) is 55.4 Å². The van der Waals surface area contributed by atoms with E-state index >= 15 is 0 Å². The average Bonchev–Trinajstić information content (AvgIpc) is 2.53. The van der Waals surface area contributed by atoms with Crippen LogP contribution in [0.2, 0.25) is 0 Å². The molecule has 2 aromatic carbocycles. The number of sulfonamides is 1. The second kappa shape index (κ2) is 6.78. The second-order valence-corrected chi connectivity index (χ2v) is 6.57. The number of nitrogens with one attached hydrogen (secondary N) is 1. The van der Waals surface area contributed by atoms with E-state index in [9.17, 15) is 26.0 Å². The number of rotatable bonds is 5. The molecule has 0 saturated carbocycles. The fraction of sp³-hybridized carbons (Fsp3) is 0.200. The van der Waals surface area contributed by atoms with Gasteiger partial charge in [0.25, 0.3) is 0 Å². The number of hydrogen-bond donors (Lipinski definition) is 1. The lowest BCUT2D eigenvalue weighted by molar-refractivity contribution is -0.137. The summed E-state index contributed by atoms with van der Waals surface area (Å²) < 4.78 is 82.7. The fourth-order valence-electron chi connectivity index (χ4n) is 1.90. The Bertz CT molecular complexity index is 818. The Morgan fingerprint density at radius 2 is 1.71 bits per heavy atom. The third-order valence-electron chi connectivity index (χ3n) is 3.20. The van der Waals surface area contributed by atoms with Crippen molar-refractivity contribution in [2.45, 2.75) is 17.6 Å². The van der Waals surface area contributed by atoms with Crippen molar-refractivity contribution in [3.63, 3.8) is 0 Å². The summed E-state index contributed by atoms with van der Waals surface area (Å²) in [5, 5.41) is 0. The molecule has 2 rings (SSSR count). The summed E-state index contributed by atoms with van der Waals surface area (Å²) in [7, 11) is -2.59. The molecular weight excluding hydrogens is 350 g/mol. The third-order valence-corrected chi connectivity index (χ3v) is 4.61. The summed E-state index contributed by atoms with van der Waals surface area (Å²) in [6.07, 6.45) is -4.64. The Labute approximate surface area is 136 Å². The van der Waals surface area contributed by atoms with Crippen LogP contribution in [0, 0.1) is 5.82 Å². The summed E-state index contributed by atoms with van der Waals surface area (Å²) in [6, 6.07) is 7.19. The zero-order valence-electron chi connectivity index (χ0n) is 12.4. The molecule has 0 unspecified atom stereocenters. The number of halogens is 4. The molecule has 0 heterocycles. The lowest BCUT2D eigenvalue weighted by Crippen LogP contribution is -2.24. The Morgan fingerprint density at radius 1 is 1.08 bits per heavy atom. The van der Waals surface area contributed by atoms with Gasteiger partial charge in [-0.15, -0.1) is 0 Å². The van der Waals surface area contributed by atoms with Crippen molar-refractivity contribution in [3.8, 4) is 5.75 Å². The van der Waals surface area contributed by atoms with E-state index in [4.69, 9.17) is 4.74 Å². The lowest BCUT2D eigenvalue weighted by Gasteiger charge is -2.11. The molecule has 0 saturated heterocycles. The number of hydrogen-bond acceptors (Lipinski definition) is 3. The minimum Gasteiger partial charge on any atom is -0.497 e. The normalized spacial score (nSPS) is 12.2. The molecule has 0 aliphatic carbocycles. The quantitative estimate of drug-likeness (QED) is 0.829. The Balaban J connectivity index is 2.20. The van der Waals surface area contributed by atoms with Gasteiger partial charge in [-0.05, 0) is 42.5 Å². The Morgan fingerprint density at radius 3 is 2.25 bits per heavy atom. The maximum Gasteiger partial charge on any atom is 0.416 e. The van der Waals surface area contributed by atoms with Crippen molar-refractivity contribution < 1.29 is 30.7 Å². The summed E-state index contributed by atoms with van der Waals surface area (Å²) in [5.74, 6) is -0.488. The molecule has 0 aliphatic heterocycles. The van der Waals surface area contributed by atoms with Crippen LogP contribution in [0.15, 0.2) is 47.4 Å². The minimum atomic E-state index is -4.64. The molecule has 1 N–H and O–H groups in total. The molecule has 9 heteroatoms. The molecule has 0 radical (unpaired) electrons. The van der Waals surface area contributed by atoms with Crippen LogP contribution in [0.1, 0.15) is 11.1 Å². The van der Waals surface area contributed by atoms with Crippen LogP contribution >= 0.6 is 0 Å². The zero-order chi connectivity index (χ0) is 18.0. The number of ether oxygens (including phenoxy) is 1. The molecule has 0 atom stereocenters.